The topological polar surface area (TPSA) is 87.7 Å². The highest BCUT2D eigenvalue weighted by atomic mass is 16.5. The van der Waals surface area contributed by atoms with Crippen LogP contribution in [0, 0.1) is 0 Å². The molecule has 1 atom stereocenters. The molecule has 174 valence electrons. The molecule has 1 aliphatic rings. The van der Waals surface area contributed by atoms with Crippen molar-refractivity contribution in [1.82, 2.24) is 10.2 Å². The van der Waals surface area contributed by atoms with E-state index in [1.54, 1.807) is 38.3 Å². The van der Waals surface area contributed by atoms with E-state index in [0.29, 0.717) is 24.1 Å². The van der Waals surface area contributed by atoms with Gasteiger partial charge in [-0.2, -0.15) is 0 Å². The molecule has 0 unspecified atom stereocenters. The van der Waals surface area contributed by atoms with Gasteiger partial charge in [0.15, 0.2) is 0 Å². The summed E-state index contributed by atoms with van der Waals surface area (Å²) < 4.78 is 5.18. The zero-order valence-corrected chi connectivity index (χ0v) is 19.2. The Morgan fingerprint density at radius 2 is 1.59 bits per heavy atom. The Morgan fingerprint density at radius 1 is 0.941 bits per heavy atom. The van der Waals surface area contributed by atoms with Crippen LogP contribution >= 0.6 is 0 Å². The van der Waals surface area contributed by atoms with Crippen LogP contribution in [0.15, 0.2) is 78.9 Å². The first-order chi connectivity index (χ1) is 16.4. The fraction of sp³-hybridized carbons (Fsp3) is 0.222. The number of methoxy groups -OCH3 is 1. The molecular weight excluding hydrogens is 430 g/mol. The average Bonchev–Trinajstić information content (AvgIpc) is 3.07. The van der Waals surface area contributed by atoms with Gasteiger partial charge in [0.25, 0.3) is 11.8 Å². The number of rotatable bonds is 8. The summed E-state index contributed by atoms with van der Waals surface area (Å²) in [6.45, 7) is 1.90. The third-order valence-electron chi connectivity index (χ3n) is 6.01. The molecular formula is C27H27N3O4. The van der Waals surface area contributed by atoms with E-state index in [2.05, 4.69) is 10.6 Å². The van der Waals surface area contributed by atoms with Crippen molar-refractivity contribution in [1.29, 1.82) is 0 Å². The highest BCUT2D eigenvalue weighted by molar-refractivity contribution is 6.07. The molecule has 0 aromatic heterocycles. The maximum Gasteiger partial charge on any atom is 0.325 e. The molecule has 3 aromatic rings. The smallest absolute Gasteiger partial charge is 0.325 e. The second kappa shape index (κ2) is 9.79. The van der Waals surface area contributed by atoms with Crippen molar-refractivity contribution < 1.29 is 19.1 Å². The van der Waals surface area contributed by atoms with Crippen LogP contribution in [0.5, 0.6) is 5.75 Å². The monoisotopic (exact) mass is 457 g/mol. The van der Waals surface area contributed by atoms with Crippen molar-refractivity contribution in [3.05, 3.63) is 95.6 Å². The number of hydrogen-bond acceptors (Lipinski definition) is 4. The largest absolute Gasteiger partial charge is 0.497 e. The normalized spacial score (nSPS) is 17.4. The van der Waals surface area contributed by atoms with Gasteiger partial charge in [-0.05, 0) is 67.3 Å². The molecule has 7 nitrogen and oxygen atoms in total. The van der Waals surface area contributed by atoms with Gasteiger partial charge in [0.2, 0.25) is 0 Å². The number of urea groups is 1. The number of anilines is 1. The summed E-state index contributed by atoms with van der Waals surface area (Å²) in [5.41, 5.74) is 2.07. The Bertz CT molecular complexity index is 1180. The Hall–Kier alpha value is -4.13. The van der Waals surface area contributed by atoms with Crippen molar-refractivity contribution in [3.63, 3.8) is 0 Å². The van der Waals surface area contributed by atoms with E-state index < -0.39 is 11.6 Å². The third-order valence-corrected chi connectivity index (χ3v) is 6.01. The number of nitrogens with one attached hydrogen (secondary N) is 2. The first-order valence-corrected chi connectivity index (χ1v) is 11.1. The van der Waals surface area contributed by atoms with Gasteiger partial charge in [-0.25, -0.2) is 4.79 Å². The summed E-state index contributed by atoms with van der Waals surface area (Å²) in [5.74, 6) is 0.297. The number of imide groups is 1. The molecule has 0 aliphatic carbocycles. The van der Waals surface area contributed by atoms with Gasteiger partial charge in [-0.15, -0.1) is 0 Å². The molecule has 2 N–H and O–H groups in total. The van der Waals surface area contributed by atoms with Gasteiger partial charge in [0.05, 0.1) is 13.7 Å². The molecule has 34 heavy (non-hydrogen) atoms. The second-order valence-corrected chi connectivity index (χ2v) is 8.52. The minimum Gasteiger partial charge on any atom is -0.497 e. The number of ether oxygens (including phenoxy) is 1. The van der Waals surface area contributed by atoms with E-state index in [1.807, 2.05) is 54.6 Å². The average molecular weight is 458 g/mol. The minimum absolute atomic E-state index is 0.142. The van der Waals surface area contributed by atoms with E-state index in [0.717, 1.165) is 16.9 Å². The lowest BCUT2D eigenvalue weighted by Gasteiger charge is -2.21. The van der Waals surface area contributed by atoms with Gasteiger partial charge in [-0.3, -0.25) is 14.5 Å². The number of hydrogen-bond donors (Lipinski definition) is 2. The second-order valence-electron chi connectivity index (χ2n) is 8.52. The summed E-state index contributed by atoms with van der Waals surface area (Å²) in [7, 11) is 1.62. The van der Waals surface area contributed by atoms with E-state index in [1.165, 1.54) is 4.90 Å². The predicted molar refractivity (Wildman–Crippen MR) is 130 cm³/mol. The summed E-state index contributed by atoms with van der Waals surface area (Å²) >= 11 is 0. The quantitative estimate of drug-likeness (QED) is 0.491. The molecule has 0 radical (unpaired) electrons. The standard InChI is InChI=1S/C27H27N3O4/c1-27(17-16-19-10-14-23(34-2)15-11-19)25(32)30(26(33)29-27)18-20-8-12-21(13-9-20)24(31)28-22-6-4-3-5-7-22/h3-15H,16-18H2,1-2H3,(H,28,31)(H,29,33)/t27-/m0/s1. The lowest BCUT2D eigenvalue weighted by atomic mass is 9.93. The number of nitrogens with zero attached hydrogens (tertiary/aromatic N) is 1. The van der Waals surface area contributed by atoms with E-state index in [4.69, 9.17) is 4.74 Å². The number of carbonyl (C=O) groups is 3. The number of benzene rings is 3. The van der Waals surface area contributed by atoms with Crippen LogP contribution in [0.4, 0.5) is 10.5 Å². The van der Waals surface area contributed by atoms with Crippen LogP contribution < -0.4 is 15.4 Å². The maximum absolute atomic E-state index is 13.1. The van der Waals surface area contributed by atoms with Gasteiger partial charge in [0.1, 0.15) is 11.3 Å². The van der Waals surface area contributed by atoms with Crippen molar-refractivity contribution >= 4 is 23.5 Å². The van der Waals surface area contributed by atoms with Crippen LogP contribution in [0.1, 0.15) is 34.8 Å². The lowest BCUT2D eigenvalue weighted by molar-refractivity contribution is -0.131. The molecule has 0 bridgehead atoms. The van der Waals surface area contributed by atoms with Gasteiger partial charge in [0, 0.05) is 11.3 Å². The van der Waals surface area contributed by atoms with Crippen molar-refractivity contribution in [2.45, 2.75) is 31.8 Å². The van der Waals surface area contributed by atoms with E-state index in [-0.39, 0.29) is 18.4 Å². The van der Waals surface area contributed by atoms with Crippen LogP contribution in [0.25, 0.3) is 0 Å². The van der Waals surface area contributed by atoms with Crippen molar-refractivity contribution in [2.75, 3.05) is 12.4 Å². The molecule has 4 rings (SSSR count). The molecule has 4 amide bonds. The third kappa shape index (κ3) is 5.09. The number of carbonyl (C=O) groups excluding carboxylic acids is 3. The van der Waals surface area contributed by atoms with E-state index in [9.17, 15) is 14.4 Å². The number of aryl methyl sites for hydroxylation is 1. The highest BCUT2D eigenvalue weighted by Gasteiger charge is 2.47. The van der Waals surface area contributed by atoms with Crippen LogP contribution in [-0.4, -0.2) is 35.4 Å². The van der Waals surface area contributed by atoms with Crippen molar-refractivity contribution in [3.8, 4) is 5.75 Å². The first kappa shape index (κ1) is 23.0. The summed E-state index contributed by atoms with van der Waals surface area (Å²) in [6.07, 6.45) is 1.13. The molecule has 1 saturated heterocycles. The highest BCUT2D eigenvalue weighted by Crippen LogP contribution is 2.25. The van der Waals surface area contributed by atoms with Gasteiger partial charge >= 0.3 is 6.03 Å². The first-order valence-electron chi connectivity index (χ1n) is 11.1. The number of amides is 4. The maximum atomic E-state index is 13.1. The Morgan fingerprint density at radius 3 is 2.24 bits per heavy atom. The molecule has 3 aromatic carbocycles. The van der Waals surface area contributed by atoms with E-state index >= 15 is 0 Å². The molecule has 1 aliphatic heterocycles. The Labute approximate surface area is 198 Å². The fourth-order valence-electron chi connectivity index (χ4n) is 3.92. The Balaban J connectivity index is 1.37. The zero-order valence-electron chi connectivity index (χ0n) is 19.2. The Kier molecular flexibility index (Phi) is 6.63. The SMILES string of the molecule is COc1ccc(CC[C@]2(C)NC(=O)N(Cc3ccc(C(=O)Nc4ccccc4)cc3)C2=O)cc1. The minimum atomic E-state index is -0.966. The lowest BCUT2D eigenvalue weighted by Crippen LogP contribution is -2.44. The van der Waals surface area contributed by atoms with Gasteiger partial charge in [-0.1, -0.05) is 42.5 Å². The molecule has 0 saturated carbocycles. The molecule has 0 spiro atoms. The summed E-state index contributed by atoms with van der Waals surface area (Å²) in [6, 6.07) is 23.4. The van der Waals surface area contributed by atoms with Crippen LogP contribution in [0.3, 0.4) is 0 Å². The summed E-state index contributed by atoms with van der Waals surface area (Å²) in [5, 5.41) is 5.68. The van der Waals surface area contributed by atoms with Crippen LogP contribution in [-0.2, 0) is 17.8 Å². The van der Waals surface area contributed by atoms with Crippen molar-refractivity contribution in [2.24, 2.45) is 0 Å². The molecule has 1 heterocycles. The zero-order chi connectivity index (χ0) is 24.1. The molecule has 7 heteroatoms. The predicted octanol–water partition coefficient (Wildman–Crippen LogP) is 4.39. The number of para-hydroxylation sites is 1. The molecule has 1 fully saturated rings. The van der Waals surface area contributed by atoms with Crippen LogP contribution in [0.2, 0.25) is 0 Å². The fourth-order valence-corrected chi connectivity index (χ4v) is 3.92. The summed E-state index contributed by atoms with van der Waals surface area (Å²) in [4.78, 5) is 39.4. The van der Waals surface area contributed by atoms with Gasteiger partial charge < -0.3 is 15.4 Å².